The van der Waals surface area contributed by atoms with Crippen molar-refractivity contribution in [2.24, 2.45) is 0 Å². The molecule has 7 nitrogen and oxygen atoms in total. The van der Waals surface area contributed by atoms with Crippen molar-refractivity contribution in [3.63, 3.8) is 0 Å². The first-order valence-electron chi connectivity index (χ1n) is 6.74. The zero-order chi connectivity index (χ0) is 17.0. The summed E-state index contributed by atoms with van der Waals surface area (Å²) in [6.45, 7) is 1.64. The highest BCUT2D eigenvalue weighted by Gasteiger charge is 2.24. The summed E-state index contributed by atoms with van der Waals surface area (Å²) in [7, 11) is -2.40. The Hall–Kier alpha value is -2.16. The van der Waals surface area contributed by atoms with E-state index in [1.165, 1.54) is 31.6 Å². The number of ether oxygens (including phenoxy) is 1. The quantitative estimate of drug-likeness (QED) is 0.799. The van der Waals surface area contributed by atoms with E-state index in [0.29, 0.717) is 11.3 Å². The highest BCUT2D eigenvalue weighted by atomic mass is 32.2. The Kier molecular flexibility index (Phi) is 5.19. The van der Waals surface area contributed by atoms with Gasteiger partial charge >= 0.3 is 5.97 Å². The number of carboxylic acids is 1. The molecule has 124 valence electrons. The van der Waals surface area contributed by atoms with Crippen molar-refractivity contribution in [3.8, 4) is 0 Å². The van der Waals surface area contributed by atoms with E-state index in [4.69, 9.17) is 14.3 Å². The lowest BCUT2D eigenvalue weighted by atomic mass is 10.1. The Labute approximate surface area is 133 Å². The monoisotopic (exact) mass is 339 g/mol. The van der Waals surface area contributed by atoms with E-state index in [2.05, 4.69) is 4.72 Å². The molecule has 2 N–H and O–H groups in total. The van der Waals surface area contributed by atoms with E-state index in [9.17, 15) is 13.2 Å². The van der Waals surface area contributed by atoms with Gasteiger partial charge in [-0.2, -0.15) is 4.72 Å². The van der Waals surface area contributed by atoms with Crippen LogP contribution in [0.5, 0.6) is 0 Å². The Bertz CT molecular complexity index is 782. The summed E-state index contributed by atoms with van der Waals surface area (Å²) in [5, 5.41) is 9.01. The molecular weight excluding hydrogens is 322 g/mol. The van der Waals surface area contributed by atoms with Crippen LogP contribution < -0.4 is 4.72 Å². The van der Waals surface area contributed by atoms with Gasteiger partial charge in [0.1, 0.15) is 11.8 Å². The number of sulfonamides is 1. The third kappa shape index (κ3) is 3.98. The second-order valence-corrected chi connectivity index (χ2v) is 6.64. The van der Waals surface area contributed by atoms with Crippen LogP contribution in [0.2, 0.25) is 0 Å². The van der Waals surface area contributed by atoms with Gasteiger partial charge in [0.2, 0.25) is 10.0 Å². The molecule has 0 aliphatic carbocycles. The summed E-state index contributed by atoms with van der Waals surface area (Å²) in [6, 6.07) is 6.45. The van der Waals surface area contributed by atoms with Crippen LogP contribution in [-0.4, -0.2) is 33.2 Å². The molecule has 1 aromatic heterocycles. The molecule has 0 aliphatic heterocycles. The Morgan fingerprint density at radius 2 is 2.13 bits per heavy atom. The predicted molar refractivity (Wildman–Crippen MR) is 81.8 cm³/mol. The number of hydrogen-bond donors (Lipinski definition) is 2. The summed E-state index contributed by atoms with van der Waals surface area (Å²) < 4.78 is 37.7. The maximum absolute atomic E-state index is 12.5. The molecule has 1 unspecified atom stereocenters. The first-order valence-corrected chi connectivity index (χ1v) is 8.22. The van der Waals surface area contributed by atoms with Crippen molar-refractivity contribution in [2.75, 3.05) is 13.7 Å². The van der Waals surface area contributed by atoms with Gasteiger partial charge in [-0.25, -0.2) is 13.2 Å². The molecule has 2 rings (SSSR count). The van der Waals surface area contributed by atoms with E-state index in [0.717, 1.165) is 0 Å². The van der Waals surface area contributed by atoms with Crippen LogP contribution in [0.1, 0.15) is 27.7 Å². The van der Waals surface area contributed by atoms with Crippen molar-refractivity contribution in [1.29, 1.82) is 0 Å². The average Bonchev–Trinajstić information content (AvgIpc) is 3.00. The van der Waals surface area contributed by atoms with Gasteiger partial charge in [0, 0.05) is 7.11 Å². The summed E-state index contributed by atoms with van der Waals surface area (Å²) in [5.41, 5.74) is 0.421. The van der Waals surface area contributed by atoms with Gasteiger partial charge in [0.05, 0.1) is 23.3 Å². The molecule has 8 heteroatoms. The number of aromatic carboxylic acids is 1. The minimum Gasteiger partial charge on any atom is -0.478 e. The molecule has 0 aliphatic rings. The molecule has 2 aromatic rings. The lowest BCUT2D eigenvalue weighted by molar-refractivity contribution is 0.0696. The van der Waals surface area contributed by atoms with Crippen LogP contribution in [-0.2, 0) is 14.8 Å². The molecule has 0 amide bonds. The summed E-state index contributed by atoms with van der Waals surface area (Å²) in [6.07, 6.45) is 1.44. The minimum atomic E-state index is -3.86. The molecular formula is C15H17NO6S. The maximum Gasteiger partial charge on any atom is 0.335 e. The normalized spacial score (nSPS) is 13.0. The zero-order valence-electron chi connectivity index (χ0n) is 12.6. The van der Waals surface area contributed by atoms with E-state index < -0.39 is 22.0 Å². The zero-order valence-corrected chi connectivity index (χ0v) is 13.5. The number of carboxylic acid groups (broad SMARTS) is 1. The summed E-state index contributed by atoms with van der Waals surface area (Å²) >= 11 is 0. The fourth-order valence-corrected chi connectivity index (χ4v) is 3.40. The van der Waals surface area contributed by atoms with Gasteiger partial charge in [-0.05, 0) is 42.8 Å². The third-order valence-corrected chi connectivity index (χ3v) is 4.73. The van der Waals surface area contributed by atoms with Crippen molar-refractivity contribution < 1.29 is 27.5 Å². The van der Waals surface area contributed by atoms with Crippen LogP contribution in [0.15, 0.2) is 45.9 Å². The first kappa shape index (κ1) is 17.2. The molecule has 0 saturated carbocycles. The lowest BCUT2D eigenvalue weighted by Gasteiger charge is -2.16. The van der Waals surface area contributed by atoms with E-state index in [1.807, 2.05) is 0 Å². The van der Waals surface area contributed by atoms with Gasteiger partial charge in [-0.15, -0.1) is 0 Å². The standard InChI is InChI=1S/C15H17NO6S/c1-10-8-11(5-6-12(10)15(17)18)23(19,20)16-13(9-21-2)14-4-3-7-22-14/h3-8,13,16H,9H2,1-2H3,(H,17,18). The Morgan fingerprint density at radius 3 is 2.65 bits per heavy atom. The van der Waals surface area contributed by atoms with E-state index in [-0.39, 0.29) is 17.1 Å². The van der Waals surface area contributed by atoms with Gasteiger partial charge < -0.3 is 14.3 Å². The molecule has 0 bridgehead atoms. The van der Waals surface area contributed by atoms with Gasteiger partial charge in [-0.3, -0.25) is 0 Å². The highest BCUT2D eigenvalue weighted by Crippen LogP contribution is 2.20. The Balaban J connectivity index is 2.30. The molecule has 1 atom stereocenters. The molecule has 1 aromatic carbocycles. The van der Waals surface area contributed by atoms with Crippen molar-refractivity contribution in [2.45, 2.75) is 17.9 Å². The predicted octanol–water partition coefficient (Wildman–Crippen LogP) is 1.95. The third-order valence-electron chi connectivity index (χ3n) is 3.26. The van der Waals surface area contributed by atoms with Gasteiger partial charge in [0.25, 0.3) is 0 Å². The second-order valence-electron chi connectivity index (χ2n) is 4.93. The number of methoxy groups -OCH3 is 1. The van der Waals surface area contributed by atoms with Crippen LogP contribution in [0, 0.1) is 6.92 Å². The SMILES string of the molecule is COCC(NS(=O)(=O)c1ccc(C(=O)O)c(C)c1)c1ccco1. The van der Waals surface area contributed by atoms with Crippen LogP contribution in [0.4, 0.5) is 0 Å². The molecule has 1 heterocycles. The van der Waals surface area contributed by atoms with Crippen LogP contribution >= 0.6 is 0 Å². The maximum atomic E-state index is 12.5. The highest BCUT2D eigenvalue weighted by molar-refractivity contribution is 7.89. The van der Waals surface area contributed by atoms with E-state index >= 15 is 0 Å². The molecule has 0 radical (unpaired) electrons. The molecule has 0 fully saturated rings. The van der Waals surface area contributed by atoms with Crippen LogP contribution in [0.3, 0.4) is 0 Å². The molecule has 0 spiro atoms. The Morgan fingerprint density at radius 1 is 1.39 bits per heavy atom. The number of rotatable bonds is 7. The van der Waals surface area contributed by atoms with Gasteiger partial charge in [0.15, 0.2) is 0 Å². The van der Waals surface area contributed by atoms with Gasteiger partial charge in [-0.1, -0.05) is 0 Å². The first-order chi connectivity index (χ1) is 10.8. The summed E-state index contributed by atoms with van der Waals surface area (Å²) in [4.78, 5) is 11.0. The smallest absolute Gasteiger partial charge is 0.335 e. The van der Waals surface area contributed by atoms with E-state index in [1.54, 1.807) is 19.1 Å². The molecule has 0 saturated heterocycles. The number of nitrogens with one attached hydrogen (secondary N) is 1. The number of hydrogen-bond acceptors (Lipinski definition) is 5. The minimum absolute atomic E-state index is 0.0207. The number of aryl methyl sites for hydroxylation is 1. The summed E-state index contributed by atoms with van der Waals surface area (Å²) in [5.74, 6) is -0.679. The molecule has 23 heavy (non-hydrogen) atoms. The number of furan rings is 1. The van der Waals surface area contributed by atoms with Crippen molar-refractivity contribution in [1.82, 2.24) is 4.72 Å². The lowest BCUT2D eigenvalue weighted by Crippen LogP contribution is -2.31. The number of benzene rings is 1. The van der Waals surface area contributed by atoms with Crippen molar-refractivity contribution >= 4 is 16.0 Å². The fraction of sp³-hybridized carbons (Fsp3) is 0.267. The second kappa shape index (κ2) is 6.95. The largest absolute Gasteiger partial charge is 0.478 e. The average molecular weight is 339 g/mol. The van der Waals surface area contributed by atoms with Crippen LogP contribution in [0.25, 0.3) is 0 Å². The fourth-order valence-electron chi connectivity index (χ4n) is 2.13. The number of carbonyl (C=O) groups is 1. The van der Waals surface area contributed by atoms with Crippen molar-refractivity contribution in [3.05, 3.63) is 53.5 Å². The topological polar surface area (TPSA) is 106 Å².